The first kappa shape index (κ1) is 22.9. The molecule has 0 aliphatic rings. The van der Waals surface area contributed by atoms with E-state index in [0.29, 0.717) is 11.3 Å². The second kappa shape index (κ2) is 9.79. The van der Waals surface area contributed by atoms with Crippen LogP contribution in [-0.4, -0.2) is 26.3 Å². The number of hydrogen-bond donors (Lipinski definition) is 2. The molecule has 2 N–H and O–H groups in total. The summed E-state index contributed by atoms with van der Waals surface area (Å²) in [6.07, 6.45) is 3.44. The van der Waals surface area contributed by atoms with Gasteiger partial charge >= 0.3 is 0 Å². The summed E-state index contributed by atoms with van der Waals surface area (Å²) in [7, 11) is 0. The van der Waals surface area contributed by atoms with Crippen molar-refractivity contribution < 1.29 is 14.0 Å². The van der Waals surface area contributed by atoms with Crippen molar-refractivity contribution in [1.82, 2.24) is 19.9 Å². The van der Waals surface area contributed by atoms with E-state index in [1.165, 1.54) is 18.2 Å². The molecule has 0 atom stereocenters. The van der Waals surface area contributed by atoms with Gasteiger partial charge in [0.05, 0.1) is 16.6 Å². The van der Waals surface area contributed by atoms with Crippen LogP contribution >= 0.6 is 0 Å². The van der Waals surface area contributed by atoms with E-state index < -0.39 is 11.7 Å². The summed E-state index contributed by atoms with van der Waals surface area (Å²) in [5.41, 5.74) is 4.18. The summed E-state index contributed by atoms with van der Waals surface area (Å²) in [4.78, 5) is 34.2. The molecule has 2 heterocycles. The highest BCUT2D eigenvalue weighted by atomic mass is 19.1. The molecule has 0 fully saturated rings. The average molecular weight is 480 g/mol. The van der Waals surface area contributed by atoms with Crippen molar-refractivity contribution in [3.05, 3.63) is 119 Å². The molecule has 178 valence electrons. The number of halogens is 1. The minimum absolute atomic E-state index is 0.0635. The number of para-hydroxylation sites is 2. The van der Waals surface area contributed by atoms with E-state index >= 15 is 0 Å². The van der Waals surface area contributed by atoms with Gasteiger partial charge in [-0.1, -0.05) is 36.4 Å². The van der Waals surface area contributed by atoms with Crippen molar-refractivity contribution in [3.63, 3.8) is 0 Å². The third-order valence-corrected chi connectivity index (χ3v) is 5.83. The van der Waals surface area contributed by atoms with Gasteiger partial charge in [-0.25, -0.2) is 14.4 Å². The first-order valence-corrected chi connectivity index (χ1v) is 11.3. The van der Waals surface area contributed by atoms with Crippen molar-refractivity contribution in [3.8, 4) is 5.82 Å². The quantitative estimate of drug-likeness (QED) is 0.357. The zero-order valence-corrected chi connectivity index (χ0v) is 19.4. The normalized spacial score (nSPS) is 10.8. The summed E-state index contributed by atoms with van der Waals surface area (Å²) < 4.78 is 15.9. The van der Waals surface area contributed by atoms with Crippen molar-refractivity contribution in [1.29, 1.82) is 0 Å². The lowest BCUT2D eigenvalue weighted by molar-refractivity contribution is 0.0949. The number of imidazole rings is 1. The molecule has 2 amide bonds. The van der Waals surface area contributed by atoms with E-state index in [4.69, 9.17) is 0 Å². The highest BCUT2D eigenvalue weighted by Gasteiger charge is 2.14. The van der Waals surface area contributed by atoms with Crippen LogP contribution in [0.25, 0.3) is 16.9 Å². The number of aryl methyl sites for hydroxylation is 1. The minimum Gasteiger partial charge on any atom is -0.348 e. The maximum absolute atomic E-state index is 14.0. The predicted octanol–water partition coefficient (Wildman–Crippen LogP) is 5.05. The number of fused-ring (bicyclic) bond motifs is 1. The number of aromatic nitrogens is 3. The molecule has 0 unspecified atom stereocenters. The monoisotopic (exact) mass is 479 g/mol. The Balaban J connectivity index is 1.25. The maximum Gasteiger partial charge on any atom is 0.258 e. The van der Waals surface area contributed by atoms with Crippen LogP contribution in [-0.2, 0) is 6.54 Å². The second-order valence-corrected chi connectivity index (χ2v) is 8.27. The number of amides is 2. The summed E-state index contributed by atoms with van der Waals surface area (Å²) in [6.45, 7) is 2.08. The Morgan fingerprint density at radius 3 is 2.53 bits per heavy atom. The van der Waals surface area contributed by atoms with E-state index in [1.54, 1.807) is 43.7 Å². The van der Waals surface area contributed by atoms with Crippen molar-refractivity contribution in [2.24, 2.45) is 0 Å². The van der Waals surface area contributed by atoms with Gasteiger partial charge in [0.1, 0.15) is 18.0 Å². The molecule has 5 aromatic rings. The lowest BCUT2D eigenvalue weighted by Crippen LogP contribution is -2.23. The molecule has 8 heteroatoms. The van der Waals surface area contributed by atoms with E-state index in [0.717, 1.165) is 28.0 Å². The lowest BCUT2D eigenvalue weighted by Gasteiger charge is -2.12. The first-order chi connectivity index (χ1) is 17.5. The van der Waals surface area contributed by atoms with E-state index in [1.807, 2.05) is 41.0 Å². The third kappa shape index (κ3) is 4.69. The fourth-order valence-electron chi connectivity index (χ4n) is 3.82. The van der Waals surface area contributed by atoms with Crippen LogP contribution in [0.3, 0.4) is 0 Å². The number of nitrogens with zero attached hydrogens (tertiary/aromatic N) is 3. The number of benzene rings is 3. The highest BCUT2D eigenvalue weighted by Crippen LogP contribution is 2.20. The Morgan fingerprint density at radius 2 is 1.72 bits per heavy atom. The fraction of sp³-hybridized carbons (Fsp3) is 0.0714. The Bertz CT molecular complexity index is 1580. The Morgan fingerprint density at radius 1 is 0.917 bits per heavy atom. The molecule has 0 bridgehead atoms. The standard InChI is InChI=1S/C28H22FN5O2/c1-18-10-12-20(14-24(18)33-28(36)21-6-2-3-7-22(21)29)27(35)31-16-19-11-13-26(30-15-19)34-17-32-23-8-4-5-9-25(23)34/h2-15,17H,16H2,1H3,(H,31,35)(H,33,36). The third-order valence-electron chi connectivity index (χ3n) is 5.83. The van der Waals surface area contributed by atoms with Gasteiger partial charge < -0.3 is 10.6 Å². The smallest absolute Gasteiger partial charge is 0.258 e. The number of carbonyl (C=O) groups is 2. The average Bonchev–Trinajstić information content (AvgIpc) is 3.33. The predicted molar refractivity (Wildman–Crippen MR) is 136 cm³/mol. The second-order valence-electron chi connectivity index (χ2n) is 8.27. The van der Waals surface area contributed by atoms with Crippen LogP contribution in [0.1, 0.15) is 31.8 Å². The van der Waals surface area contributed by atoms with Gasteiger partial charge in [0.15, 0.2) is 0 Å². The molecule has 3 aromatic carbocycles. The number of nitrogens with one attached hydrogen (secondary N) is 2. The van der Waals surface area contributed by atoms with Crippen LogP contribution in [0.2, 0.25) is 0 Å². The van der Waals surface area contributed by atoms with Crippen LogP contribution in [0.15, 0.2) is 91.4 Å². The van der Waals surface area contributed by atoms with Crippen LogP contribution in [0.5, 0.6) is 0 Å². The molecule has 7 nitrogen and oxygen atoms in total. The molecule has 2 aromatic heterocycles. The van der Waals surface area contributed by atoms with E-state index in [9.17, 15) is 14.0 Å². The van der Waals surface area contributed by atoms with Gasteiger partial charge in [-0.15, -0.1) is 0 Å². The summed E-state index contributed by atoms with van der Waals surface area (Å²) in [5, 5.41) is 5.56. The number of rotatable bonds is 6. The van der Waals surface area contributed by atoms with Gasteiger partial charge in [-0.2, -0.15) is 0 Å². The molecule has 0 radical (unpaired) electrons. The molecule has 0 saturated heterocycles. The summed E-state index contributed by atoms with van der Waals surface area (Å²) in [5.74, 6) is -0.762. The topological polar surface area (TPSA) is 88.9 Å². The molecule has 36 heavy (non-hydrogen) atoms. The lowest BCUT2D eigenvalue weighted by atomic mass is 10.1. The van der Waals surface area contributed by atoms with Crippen LogP contribution in [0.4, 0.5) is 10.1 Å². The Hall–Kier alpha value is -4.85. The molecule has 0 saturated carbocycles. The fourth-order valence-corrected chi connectivity index (χ4v) is 3.82. The summed E-state index contributed by atoms with van der Waals surface area (Å²) in [6, 6.07) is 22.3. The number of anilines is 1. The van der Waals surface area contributed by atoms with Crippen LogP contribution < -0.4 is 10.6 Å². The van der Waals surface area contributed by atoms with Crippen molar-refractivity contribution >= 4 is 28.5 Å². The molecule has 0 spiro atoms. The highest BCUT2D eigenvalue weighted by molar-refractivity contribution is 6.05. The Kier molecular flexibility index (Phi) is 6.23. The van der Waals surface area contributed by atoms with Crippen molar-refractivity contribution in [2.45, 2.75) is 13.5 Å². The number of pyridine rings is 1. The summed E-state index contributed by atoms with van der Waals surface area (Å²) >= 11 is 0. The molecule has 0 aliphatic heterocycles. The van der Waals surface area contributed by atoms with Gasteiger partial charge in [-0.3, -0.25) is 14.2 Å². The SMILES string of the molecule is Cc1ccc(C(=O)NCc2ccc(-n3cnc4ccccc43)nc2)cc1NC(=O)c1ccccc1F. The van der Waals surface area contributed by atoms with Gasteiger partial charge in [0, 0.05) is 24.0 Å². The van der Waals surface area contributed by atoms with Crippen molar-refractivity contribution in [2.75, 3.05) is 5.32 Å². The molecular formula is C28H22FN5O2. The van der Waals surface area contributed by atoms with Crippen LogP contribution in [0, 0.1) is 12.7 Å². The van der Waals surface area contributed by atoms with E-state index in [2.05, 4.69) is 20.6 Å². The van der Waals surface area contributed by atoms with E-state index in [-0.39, 0.29) is 18.0 Å². The zero-order chi connectivity index (χ0) is 25.1. The largest absolute Gasteiger partial charge is 0.348 e. The minimum atomic E-state index is -0.609. The van der Waals surface area contributed by atoms with Gasteiger partial charge in [0.25, 0.3) is 11.8 Å². The number of hydrogen-bond acceptors (Lipinski definition) is 4. The maximum atomic E-state index is 14.0. The molecular weight excluding hydrogens is 457 g/mol. The Labute approximate surface area is 206 Å². The first-order valence-electron chi connectivity index (χ1n) is 11.3. The van der Waals surface area contributed by atoms with Gasteiger partial charge in [0.2, 0.25) is 0 Å². The number of carbonyl (C=O) groups excluding carboxylic acids is 2. The zero-order valence-electron chi connectivity index (χ0n) is 19.4. The molecule has 0 aliphatic carbocycles. The van der Waals surface area contributed by atoms with Gasteiger partial charge in [-0.05, 0) is 60.5 Å². The molecule has 5 rings (SSSR count).